The summed E-state index contributed by atoms with van der Waals surface area (Å²) in [7, 11) is 3.44. The largest absolute Gasteiger partial charge is 0.507 e. The van der Waals surface area contributed by atoms with Crippen molar-refractivity contribution in [1.82, 2.24) is 20.5 Å². The second-order valence-electron chi connectivity index (χ2n) is 8.15. The number of anilines is 1. The van der Waals surface area contributed by atoms with E-state index in [0.717, 1.165) is 24.1 Å². The Kier molecular flexibility index (Phi) is 4.94. The molecule has 3 aromatic rings. The lowest BCUT2D eigenvalue weighted by Crippen LogP contribution is -2.51. The number of phenols is 1. The predicted molar refractivity (Wildman–Crippen MR) is 116 cm³/mol. The molecule has 8 heteroatoms. The maximum absolute atomic E-state index is 14.6. The molecule has 3 heterocycles. The molecule has 1 aliphatic carbocycles. The number of hydrogen-bond acceptors (Lipinski definition) is 7. The van der Waals surface area contributed by atoms with Gasteiger partial charge in [-0.2, -0.15) is 0 Å². The van der Waals surface area contributed by atoms with Gasteiger partial charge in [0.25, 0.3) is 0 Å². The van der Waals surface area contributed by atoms with Crippen LogP contribution in [0.15, 0.2) is 48.7 Å². The predicted octanol–water partition coefficient (Wildman–Crippen LogP) is 3.05. The summed E-state index contributed by atoms with van der Waals surface area (Å²) in [5, 5.41) is 22.4. The summed E-state index contributed by atoms with van der Waals surface area (Å²) in [5.41, 5.74) is 2.86. The lowest BCUT2D eigenvalue weighted by atomic mass is 10.0. The third kappa shape index (κ3) is 3.46. The molecule has 1 saturated heterocycles. The minimum atomic E-state index is -0.909. The van der Waals surface area contributed by atoms with Crippen molar-refractivity contribution in [2.24, 2.45) is 5.92 Å². The van der Waals surface area contributed by atoms with Crippen molar-refractivity contribution in [1.29, 1.82) is 0 Å². The number of hydrogen-bond donors (Lipinski definition) is 2. The quantitative estimate of drug-likeness (QED) is 0.655. The van der Waals surface area contributed by atoms with E-state index in [1.165, 1.54) is 0 Å². The Balaban J connectivity index is 1.37. The van der Waals surface area contributed by atoms with Crippen LogP contribution in [0.25, 0.3) is 22.4 Å². The summed E-state index contributed by atoms with van der Waals surface area (Å²) in [5.74, 6) is 1.53. The fourth-order valence-corrected chi connectivity index (χ4v) is 4.76. The van der Waals surface area contributed by atoms with Crippen LogP contribution in [0.2, 0.25) is 0 Å². The number of aromatic hydroxyl groups is 1. The van der Waals surface area contributed by atoms with Gasteiger partial charge >= 0.3 is 0 Å². The summed E-state index contributed by atoms with van der Waals surface area (Å²) in [6.07, 6.45) is 1.62. The molecule has 4 atom stereocenters. The molecule has 5 rings (SSSR count). The molecule has 31 heavy (non-hydrogen) atoms. The number of piperidine rings is 1. The summed E-state index contributed by atoms with van der Waals surface area (Å²) < 4.78 is 19.8. The van der Waals surface area contributed by atoms with Crippen LogP contribution in [-0.4, -0.2) is 59.2 Å². The highest BCUT2D eigenvalue weighted by atomic mass is 19.1. The molecule has 1 saturated carbocycles. The first-order valence-electron chi connectivity index (χ1n) is 10.3. The Morgan fingerprint density at radius 1 is 1.13 bits per heavy atom. The molecule has 7 nitrogen and oxygen atoms in total. The second-order valence-corrected chi connectivity index (χ2v) is 8.15. The van der Waals surface area contributed by atoms with Gasteiger partial charge < -0.3 is 20.1 Å². The Labute approximate surface area is 179 Å². The van der Waals surface area contributed by atoms with Gasteiger partial charge in [-0.3, -0.25) is 0 Å². The minimum Gasteiger partial charge on any atom is -0.507 e. The van der Waals surface area contributed by atoms with Crippen LogP contribution in [0.3, 0.4) is 0 Å². The average Bonchev–Trinajstić information content (AvgIpc) is 3.40. The van der Waals surface area contributed by atoms with Gasteiger partial charge in [0.15, 0.2) is 5.82 Å². The van der Waals surface area contributed by atoms with E-state index < -0.39 is 6.17 Å². The van der Waals surface area contributed by atoms with Gasteiger partial charge in [-0.05, 0) is 53.8 Å². The number of alkyl halides is 1. The molecule has 0 amide bonds. The van der Waals surface area contributed by atoms with Crippen molar-refractivity contribution < 1.29 is 14.2 Å². The van der Waals surface area contributed by atoms with E-state index in [0.29, 0.717) is 23.0 Å². The number of nitrogens with one attached hydrogen (secondary N) is 1. The zero-order chi connectivity index (χ0) is 21.5. The van der Waals surface area contributed by atoms with E-state index in [4.69, 9.17) is 4.74 Å². The molecular weight excluding hydrogens is 397 g/mol. The highest BCUT2D eigenvalue weighted by Gasteiger charge is 2.50. The fourth-order valence-electron chi connectivity index (χ4n) is 4.76. The number of fused-ring (bicyclic) bond motifs is 2. The Bertz CT molecular complexity index is 1090. The minimum absolute atomic E-state index is 0.0551. The van der Waals surface area contributed by atoms with Crippen LogP contribution < -0.4 is 15.0 Å². The van der Waals surface area contributed by atoms with Crippen molar-refractivity contribution in [3.05, 3.63) is 48.7 Å². The summed E-state index contributed by atoms with van der Waals surface area (Å²) >= 11 is 0. The van der Waals surface area contributed by atoms with E-state index in [-0.39, 0.29) is 23.8 Å². The van der Waals surface area contributed by atoms with Gasteiger partial charge in [-0.1, -0.05) is 6.07 Å². The smallest absolute Gasteiger partial charge is 0.213 e. The van der Waals surface area contributed by atoms with E-state index in [1.807, 2.05) is 48.3 Å². The van der Waals surface area contributed by atoms with Crippen LogP contribution in [-0.2, 0) is 0 Å². The first kappa shape index (κ1) is 19.7. The average molecular weight is 421 g/mol. The number of phenolic OH excluding ortho intramolecular Hbond substituents is 1. The van der Waals surface area contributed by atoms with Gasteiger partial charge in [0.05, 0.1) is 18.8 Å². The molecule has 160 valence electrons. The van der Waals surface area contributed by atoms with Gasteiger partial charge in [-0.25, -0.2) is 9.37 Å². The summed E-state index contributed by atoms with van der Waals surface area (Å²) in [6, 6.07) is 12.5. The van der Waals surface area contributed by atoms with E-state index in [2.05, 4.69) is 20.5 Å². The molecule has 2 fully saturated rings. The highest BCUT2D eigenvalue weighted by molar-refractivity contribution is 5.74. The van der Waals surface area contributed by atoms with Crippen LogP contribution in [0.5, 0.6) is 11.6 Å². The van der Waals surface area contributed by atoms with Gasteiger partial charge in [0, 0.05) is 37.5 Å². The molecule has 0 spiro atoms. The second kappa shape index (κ2) is 7.77. The van der Waals surface area contributed by atoms with Crippen molar-refractivity contribution in [2.45, 2.75) is 24.7 Å². The molecule has 1 aromatic carbocycles. The topological polar surface area (TPSA) is 83.4 Å². The summed E-state index contributed by atoms with van der Waals surface area (Å²) in [4.78, 5) is 6.00. The third-order valence-corrected chi connectivity index (χ3v) is 6.40. The Morgan fingerprint density at radius 3 is 2.65 bits per heavy atom. The number of aromatic nitrogens is 3. The van der Waals surface area contributed by atoms with Crippen molar-refractivity contribution in [3.8, 4) is 34.0 Å². The number of benzene rings is 1. The molecule has 2 bridgehead atoms. The molecule has 2 aliphatic rings. The van der Waals surface area contributed by atoms with Crippen molar-refractivity contribution in [2.75, 3.05) is 25.6 Å². The maximum Gasteiger partial charge on any atom is 0.213 e. The first-order chi connectivity index (χ1) is 15.0. The maximum atomic E-state index is 14.6. The standard InChI is InChI=1S/C23H24FN5O2/c1-29(23-15-9-18(22(23)24)26-12-15)20-6-5-17(27-28-20)16-4-3-13(10-19(16)30)14-7-8-25-21(11-14)31-2/h3-8,10-11,15,18,22-23,26,30H,9,12H2,1-2H3/t15?,18?,22-,23-/m0/s1. The van der Waals surface area contributed by atoms with Crippen molar-refractivity contribution >= 4 is 5.82 Å². The molecule has 0 radical (unpaired) electrons. The number of rotatable bonds is 5. The van der Waals surface area contributed by atoms with Gasteiger partial charge in [0.1, 0.15) is 11.9 Å². The number of nitrogens with zero attached hydrogens (tertiary/aromatic N) is 4. The van der Waals surface area contributed by atoms with Crippen LogP contribution in [0, 0.1) is 5.92 Å². The van der Waals surface area contributed by atoms with Crippen LogP contribution >= 0.6 is 0 Å². The van der Waals surface area contributed by atoms with E-state index in [9.17, 15) is 9.50 Å². The molecule has 2 N–H and O–H groups in total. The van der Waals surface area contributed by atoms with Gasteiger partial charge in [0.2, 0.25) is 5.88 Å². The summed E-state index contributed by atoms with van der Waals surface area (Å²) in [6.45, 7) is 0.842. The molecule has 2 aromatic heterocycles. The monoisotopic (exact) mass is 421 g/mol. The normalized spacial score (nSPS) is 24.4. The lowest BCUT2D eigenvalue weighted by molar-refractivity contribution is 0.220. The number of ether oxygens (including phenoxy) is 1. The Hall–Kier alpha value is -3.26. The van der Waals surface area contributed by atoms with Gasteiger partial charge in [-0.15, -0.1) is 10.2 Å². The number of pyridine rings is 1. The molecular formula is C23H24FN5O2. The zero-order valence-electron chi connectivity index (χ0n) is 17.4. The molecule has 1 aliphatic heterocycles. The lowest BCUT2D eigenvalue weighted by Gasteiger charge is -2.34. The number of methoxy groups -OCH3 is 1. The zero-order valence-corrected chi connectivity index (χ0v) is 17.4. The van der Waals surface area contributed by atoms with E-state index in [1.54, 1.807) is 19.4 Å². The third-order valence-electron chi connectivity index (χ3n) is 6.40. The first-order valence-corrected chi connectivity index (χ1v) is 10.3. The highest BCUT2D eigenvalue weighted by Crippen LogP contribution is 2.38. The fraction of sp³-hybridized carbons (Fsp3) is 0.348. The van der Waals surface area contributed by atoms with Crippen molar-refractivity contribution in [3.63, 3.8) is 0 Å². The molecule has 2 unspecified atom stereocenters. The number of halogens is 1. The Morgan fingerprint density at radius 2 is 1.97 bits per heavy atom. The van der Waals surface area contributed by atoms with Crippen LogP contribution in [0.1, 0.15) is 6.42 Å². The van der Waals surface area contributed by atoms with E-state index >= 15 is 0 Å². The van der Waals surface area contributed by atoms with Crippen LogP contribution in [0.4, 0.5) is 10.2 Å². The SMILES string of the molecule is COc1cc(-c2ccc(-c3ccc(N(C)[C@H]4C5CNC(C5)[C@@H]4F)nn3)c(O)c2)ccn1.